The number of rotatable bonds is 6. The molecule has 0 unspecified atom stereocenters. The van der Waals surface area contributed by atoms with Crippen molar-refractivity contribution >= 4 is 23.4 Å². The summed E-state index contributed by atoms with van der Waals surface area (Å²) in [5.41, 5.74) is 6.03. The van der Waals surface area contributed by atoms with Gasteiger partial charge in [0.25, 0.3) is 0 Å². The van der Waals surface area contributed by atoms with E-state index < -0.39 is 5.60 Å². The summed E-state index contributed by atoms with van der Waals surface area (Å²) in [6.45, 7) is 3.62. The van der Waals surface area contributed by atoms with Crippen LogP contribution in [0.25, 0.3) is 0 Å². The van der Waals surface area contributed by atoms with Crippen LogP contribution in [0.2, 0.25) is 0 Å². The van der Waals surface area contributed by atoms with E-state index in [4.69, 9.17) is 5.73 Å². The Bertz CT molecular complexity index is 689. The van der Waals surface area contributed by atoms with Crippen LogP contribution in [0, 0.1) is 0 Å². The van der Waals surface area contributed by atoms with Gasteiger partial charge in [-0.2, -0.15) is 0 Å². The van der Waals surface area contributed by atoms with E-state index in [0.29, 0.717) is 18.7 Å². The summed E-state index contributed by atoms with van der Waals surface area (Å²) < 4.78 is 0. The molecule has 0 spiro atoms. The molecule has 0 amide bonds. The lowest BCUT2D eigenvalue weighted by Crippen LogP contribution is -2.43. The minimum Gasteiger partial charge on any atom is -0.385 e. The SMILES string of the molecule is CCCCSc1nc(N)cc(N2CCC(O)(c3cccnc3)CC2)n1. The fourth-order valence-electron chi connectivity index (χ4n) is 3.00. The molecule has 2 aromatic rings. The molecule has 25 heavy (non-hydrogen) atoms. The zero-order valence-electron chi connectivity index (χ0n) is 14.6. The molecular weight excluding hydrogens is 334 g/mol. The van der Waals surface area contributed by atoms with Crippen LogP contribution in [-0.2, 0) is 5.60 Å². The Kier molecular flexibility index (Phi) is 5.75. The first-order chi connectivity index (χ1) is 12.1. The summed E-state index contributed by atoms with van der Waals surface area (Å²) >= 11 is 1.65. The van der Waals surface area contributed by atoms with Gasteiger partial charge in [0.1, 0.15) is 11.6 Å². The summed E-state index contributed by atoms with van der Waals surface area (Å²) in [6.07, 6.45) is 7.05. The van der Waals surface area contributed by atoms with Crippen LogP contribution in [-0.4, -0.2) is 38.9 Å². The molecule has 0 radical (unpaired) electrons. The molecule has 3 N–H and O–H groups in total. The van der Waals surface area contributed by atoms with E-state index in [0.717, 1.165) is 48.2 Å². The van der Waals surface area contributed by atoms with E-state index in [1.165, 1.54) is 0 Å². The van der Waals surface area contributed by atoms with E-state index in [-0.39, 0.29) is 0 Å². The fraction of sp³-hybridized carbons (Fsp3) is 0.500. The van der Waals surface area contributed by atoms with Crippen LogP contribution >= 0.6 is 11.8 Å². The second-order valence-corrected chi connectivity index (χ2v) is 7.46. The lowest BCUT2D eigenvalue weighted by atomic mass is 9.85. The van der Waals surface area contributed by atoms with Gasteiger partial charge >= 0.3 is 0 Å². The lowest BCUT2D eigenvalue weighted by molar-refractivity contribution is 0.0113. The monoisotopic (exact) mass is 359 g/mol. The molecule has 7 heteroatoms. The summed E-state index contributed by atoms with van der Waals surface area (Å²) in [5, 5.41) is 11.7. The predicted molar refractivity (Wildman–Crippen MR) is 102 cm³/mol. The van der Waals surface area contributed by atoms with Crippen LogP contribution in [0.1, 0.15) is 38.2 Å². The topological polar surface area (TPSA) is 88.2 Å². The van der Waals surface area contributed by atoms with Crippen LogP contribution in [0.4, 0.5) is 11.6 Å². The number of thioether (sulfide) groups is 1. The maximum absolute atomic E-state index is 10.9. The van der Waals surface area contributed by atoms with E-state index in [1.54, 1.807) is 24.2 Å². The van der Waals surface area contributed by atoms with Gasteiger partial charge in [-0.25, -0.2) is 9.97 Å². The van der Waals surface area contributed by atoms with Crippen molar-refractivity contribution in [3.63, 3.8) is 0 Å². The Morgan fingerprint density at radius 1 is 1.32 bits per heavy atom. The number of nitrogens with two attached hydrogens (primary N) is 1. The standard InChI is InChI=1S/C18H25N5OS/c1-2-3-11-25-17-21-15(19)12-16(22-17)23-9-6-18(24,7-10-23)14-5-4-8-20-13-14/h4-5,8,12-13,24H,2-3,6-7,9-11H2,1H3,(H2,19,21,22). The normalized spacial score (nSPS) is 16.8. The first-order valence-electron chi connectivity index (χ1n) is 8.76. The maximum Gasteiger partial charge on any atom is 0.191 e. The van der Waals surface area contributed by atoms with Crippen molar-refractivity contribution < 1.29 is 5.11 Å². The molecule has 1 saturated heterocycles. The summed E-state index contributed by atoms with van der Waals surface area (Å²) in [7, 11) is 0. The largest absolute Gasteiger partial charge is 0.385 e. The highest BCUT2D eigenvalue weighted by atomic mass is 32.2. The zero-order valence-corrected chi connectivity index (χ0v) is 15.4. The van der Waals surface area contributed by atoms with Crippen molar-refractivity contribution in [2.75, 3.05) is 29.5 Å². The van der Waals surface area contributed by atoms with E-state index >= 15 is 0 Å². The highest BCUT2D eigenvalue weighted by Crippen LogP contribution is 2.34. The Morgan fingerprint density at radius 2 is 2.12 bits per heavy atom. The quantitative estimate of drug-likeness (QED) is 0.466. The van der Waals surface area contributed by atoms with Gasteiger partial charge in [0.2, 0.25) is 0 Å². The molecule has 0 bridgehead atoms. The zero-order chi connectivity index (χ0) is 17.7. The summed E-state index contributed by atoms with van der Waals surface area (Å²) in [4.78, 5) is 15.3. The summed E-state index contributed by atoms with van der Waals surface area (Å²) in [5.74, 6) is 2.34. The third-order valence-electron chi connectivity index (χ3n) is 4.55. The molecule has 0 aliphatic carbocycles. The van der Waals surface area contributed by atoms with Crippen LogP contribution in [0.3, 0.4) is 0 Å². The second kappa shape index (κ2) is 8.01. The molecule has 1 aliphatic heterocycles. The smallest absolute Gasteiger partial charge is 0.191 e. The van der Waals surface area contributed by atoms with Crippen molar-refractivity contribution in [3.05, 3.63) is 36.2 Å². The molecule has 3 rings (SSSR count). The number of nitrogens with zero attached hydrogens (tertiary/aromatic N) is 4. The molecule has 1 fully saturated rings. The predicted octanol–water partition coefficient (Wildman–Crippen LogP) is 2.83. The molecule has 0 atom stereocenters. The molecule has 3 heterocycles. The van der Waals surface area contributed by atoms with Gasteiger partial charge in [0, 0.05) is 42.9 Å². The van der Waals surface area contributed by atoms with Gasteiger partial charge in [-0.3, -0.25) is 4.98 Å². The maximum atomic E-state index is 10.9. The van der Waals surface area contributed by atoms with Crippen molar-refractivity contribution in [1.29, 1.82) is 0 Å². The van der Waals surface area contributed by atoms with E-state index in [2.05, 4.69) is 26.8 Å². The lowest BCUT2D eigenvalue weighted by Gasteiger charge is -2.38. The Morgan fingerprint density at radius 3 is 2.80 bits per heavy atom. The van der Waals surface area contributed by atoms with E-state index in [9.17, 15) is 5.11 Å². The van der Waals surface area contributed by atoms with Gasteiger partial charge in [-0.05, 0) is 25.3 Å². The molecule has 0 saturated carbocycles. The minimum absolute atomic E-state index is 0.497. The van der Waals surface area contributed by atoms with Crippen LogP contribution in [0.15, 0.2) is 35.7 Å². The Labute approximate surface area is 152 Å². The molecular formula is C18H25N5OS. The van der Waals surface area contributed by atoms with Crippen LogP contribution in [0.5, 0.6) is 0 Å². The molecule has 1 aliphatic rings. The van der Waals surface area contributed by atoms with E-state index in [1.807, 2.05) is 18.2 Å². The average Bonchev–Trinajstić information content (AvgIpc) is 2.63. The number of pyridine rings is 1. The molecule has 134 valence electrons. The van der Waals surface area contributed by atoms with Crippen molar-refractivity contribution in [3.8, 4) is 0 Å². The van der Waals surface area contributed by atoms with Gasteiger partial charge in [-0.15, -0.1) is 0 Å². The molecule has 0 aromatic carbocycles. The van der Waals surface area contributed by atoms with Crippen molar-refractivity contribution in [2.24, 2.45) is 0 Å². The number of nitrogen functional groups attached to an aromatic ring is 1. The summed E-state index contributed by atoms with van der Waals surface area (Å²) in [6, 6.07) is 5.62. The molecule has 2 aromatic heterocycles. The third-order valence-corrected chi connectivity index (χ3v) is 5.49. The number of aromatic nitrogens is 3. The number of hydrogen-bond acceptors (Lipinski definition) is 7. The first kappa shape index (κ1) is 17.9. The van der Waals surface area contributed by atoms with Gasteiger partial charge < -0.3 is 15.7 Å². The number of piperidine rings is 1. The number of unbranched alkanes of at least 4 members (excludes halogenated alkanes) is 1. The number of anilines is 2. The number of aliphatic hydroxyl groups is 1. The first-order valence-corrected chi connectivity index (χ1v) is 9.74. The highest BCUT2D eigenvalue weighted by molar-refractivity contribution is 7.99. The third kappa shape index (κ3) is 4.41. The Hall–Kier alpha value is -1.86. The molecule has 6 nitrogen and oxygen atoms in total. The minimum atomic E-state index is -0.817. The van der Waals surface area contributed by atoms with Gasteiger partial charge in [0.15, 0.2) is 5.16 Å². The van der Waals surface area contributed by atoms with Gasteiger partial charge in [0.05, 0.1) is 5.60 Å². The second-order valence-electron chi connectivity index (χ2n) is 6.40. The van der Waals surface area contributed by atoms with Crippen molar-refractivity contribution in [1.82, 2.24) is 15.0 Å². The number of hydrogen-bond donors (Lipinski definition) is 2. The fourth-order valence-corrected chi connectivity index (χ4v) is 3.94. The highest BCUT2D eigenvalue weighted by Gasteiger charge is 2.34. The van der Waals surface area contributed by atoms with Crippen LogP contribution < -0.4 is 10.6 Å². The average molecular weight is 359 g/mol. The Balaban J connectivity index is 1.68. The van der Waals surface area contributed by atoms with Crippen molar-refractivity contribution in [2.45, 2.75) is 43.4 Å². The van der Waals surface area contributed by atoms with Gasteiger partial charge in [-0.1, -0.05) is 31.2 Å².